The molecule has 0 unspecified atom stereocenters. The van der Waals surface area contributed by atoms with Crippen LogP contribution in [0.25, 0.3) is 5.70 Å². The topological polar surface area (TPSA) is 102 Å². The summed E-state index contributed by atoms with van der Waals surface area (Å²) in [5.41, 5.74) is 5.52. The fourth-order valence-corrected chi connectivity index (χ4v) is 0.884. The summed E-state index contributed by atoms with van der Waals surface area (Å²) in [5.74, 6) is -0.791. The lowest BCUT2D eigenvalue weighted by Crippen LogP contribution is -2.11. The highest BCUT2D eigenvalue weighted by atomic mass is 16.5. The molecule has 15 heavy (non-hydrogen) atoms. The second kappa shape index (κ2) is 4.72. The summed E-state index contributed by atoms with van der Waals surface area (Å²) in [7, 11) is 1.17. The fraction of sp³-hybridized carbons (Fsp3) is 0.111. The van der Waals surface area contributed by atoms with Crippen LogP contribution in [0.5, 0.6) is 0 Å². The fourth-order valence-electron chi connectivity index (χ4n) is 0.884. The van der Waals surface area contributed by atoms with Crippen molar-refractivity contribution in [2.45, 2.75) is 0 Å². The minimum atomic E-state index is -0.791. The molecule has 0 atom stereocenters. The summed E-state index contributed by atoms with van der Waals surface area (Å²) in [6.07, 6.45) is 4.23. The number of ether oxygens (including phenoxy) is 1. The highest BCUT2D eigenvalue weighted by Gasteiger charge is 2.15. The van der Waals surface area contributed by atoms with E-state index in [0.717, 1.165) is 0 Å². The number of nitriles is 1. The molecule has 1 heterocycles. The van der Waals surface area contributed by atoms with Crippen LogP contribution >= 0.6 is 0 Å². The summed E-state index contributed by atoms with van der Waals surface area (Å²) in [6.45, 7) is 0. The molecule has 6 heteroatoms. The lowest BCUT2D eigenvalue weighted by Gasteiger charge is -2.02. The second-order valence-corrected chi connectivity index (χ2v) is 2.48. The van der Waals surface area contributed by atoms with Crippen molar-refractivity contribution in [3.8, 4) is 6.07 Å². The zero-order chi connectivity index (χ0) is 11.3. The lowest BCUT2D eigenvalue weighted by molar-refractivity contribution is -0.135. The van der Waals surface area contributed by atoms with Gasteiger partial charge in [0.2, 0.25) is 0 Å². The van der Waals surface area contributed by atoms with Gasteiger partial charge in [-0.05, 0) is 0 Å². The van der Waals surface area contributed by atoms with Gasteiger partial charge < -0.3 is 10.5 Å². The molecule has 1 aromatic rings. The first-order valence-electron chi connectivity index (χ1n) is 3.95. The second-order valence-electron chi connectivity index (χ2n) is 2.48. The van der Waals surface area contributed by atoms with Crippen LogP contribution in [-0.4, -0.2) is 23.0 Å². The summed E-state index contributed by atoms with van der Waals surface area (Å²) >= 11 is 0. The molecule has 0 spiro atoms. The monoisotopic (exact) mass is 204 g/mol. The van der Waals surface area contributed by atoms with Gasteiger partial charge in [-0.2, -0.15) is 5.26 Å². The molecule has 0 aliphatic heterocycles. The number of methoxy groups -OCH3 is 1. The van der Waals surface area contributed by atoms with E-state index in [4.69, 9.17) is 11.0 Å². The molecule has 0 aliphatic carbocycles. The Kier molecular flexibility index (Phi) is 3.35. The molecule has 76 valence electrons. The Morgan fingerprint density at radius 1 is 1.60 bits per heavy atom. The van der Waals surface area contributed by atoms with Crippen LogP contribution in [0.15, 0.2) is 24.2 Å². The van der Waals surface area contributed by atoms with E-state index in [0.29, 0.717) is 0 Å². The van der Waals surface area contributed by atoms with Crippen LogP contribution < -0.4 is 5.73 Å². The van der Waals surface area contributed by atoms with E-state index in [1.54, 1.807) is 6.07 Å². The summed E-state index contributed by atoms with van der Waals surface area (Å²) in [5, 5.41) is 8.72. The normalized spacial score (nSPS) is 11.2. The number of hydrogen-bond donors (Lipinski definition) is 1. The first-order chi connectivity index (χ1) is 7.20. The number of nitrogens with zero attached hydrogens (tertiary/aromatic N) is 3. The van der Waals surface area contributed by atoms with E-state index >= 15 is 0 Å². The average molecular weight is 204 g/mol. The molecule has 0 fully saturated rings. The van der Waals surface area contributed by atoms with Crippen LogP contribution in [0.4, 0.5) is 0 Å². The maximum Gasteiger partial charge on any atom is 0.350 e. The zero-order valence-electron chi connectivity index (χ0n) is 7.97. The minimum absolute atomic E-state index is 0.0440. The van der Waals surface area contributed by atoms with Crippen LogP contribution in [0.1, 0.15) is 5.69 Å². The van der Waals surface area contributed by atoms with Gasteiger partial charge in [0, 0.05) is 12.4 Å². The van der Waals surface area contributed by atoms with Crippen molar-refractivity contribution in [3.05, 3.63) is 29.9 Å². The molecule has 0 amide bonds. The Morgan fingerprint density at radius 3 is 2.80 bits per heavy atom. The number of carbonyl (C=O) groups excluding carboxylic acids is 1. The number of nitrogens with two attached hydrogens (primary N) is 1. The minimum Gasteiger partial charge on any atom is -0.465 e. The van der Waals surface area contributed by atoms with Crippen molar-refractivity contribution in [3.63, 3.8) is 0 Å². The van der Waals surface area contributed by atoms with Crippen molar-refractivity contribution in [1.82, 2.24) is 9.97 Å². The van der Waals surface area contributed by atoms with Gasteiger partial charge in [0.15, 0.2) is 5.57 Å². The summed E-state index contributed by atoms with van der Waals surface area (Å²) < 4.78 is 4.40. The van der Waals surface area contributed by atoms with Crippen molar-refractivity contribution in [2.75, 3.05) is 7.11 Å². The standard InChI is InChI=1S/C9H8N4O2/c1-15-9(14)6(4-10)8(11)7-5-12-2-3-13-7/h2-3,5H,11H2,1H3/b8-6+. The molecule has 0 radical (unpaired) electrons. The van der Waals surface area contributed by atoms with E-state index in [-0.39, 0.29) is 17.0 Å². The van der Waals surface area contributed by atoms with Crippen LogP contribution in [0, 0.1) is 11.3 Å². The van der Waals surface area contributed by atoms with Crippen molar-refractivity contribution in [1.29, 1.82) is 5.26 Å². The molecule has 0 aliphatic rings. The van der Waals surface area contributed by atoms with Gasteiger partial charge >= 0.3 is 5.97 Å². The van der Waals surface area contributed by atoms with E-state index in [9.17, 15) is 4.79 Å². The van der Waals surface area contributed by atoms with Crippen molar-refractivity contribution >= 4 is 11.7 Å². The number of esters is 1. The first kappa shape index (κ1) is 10.7. The van der Waals surface area contributed by atoms with Crippen LogP contribution in [0.3, 0.4) is 0 Å². The lowest BCUT2D eigenvalue weighted by atomic mass is 10.2. The molecule has 0 aromatic carbocycles. The van der Waals surface area contributed by atoms with E-state index in [1.807, 2.05) is 0 Å². The van der Waals surface area contributed by atoms with Gasteiger partial charge in [-0.25, -0.2) is 4.79 Å². The van der Waals surface area contributed by atoms with Crippen LogP contribution in [0.2, 0.25) is 0 Å². The Balaban J connectivity index is 3.20. The maximum absolute atomic E-state index is 11.1. The van der Waals surface area contributed by atoms with E-state index < -0.39 is 5.97 Å². The zero-order valence-corrected chi connectivity index (χ0v) is 7.97. The Bertz CT molecular complexity index is 433. The maximum atomic E-state index is 11.1. The number of rotatable bonds is 2. The summed E-state index contributed by atoms with van der Waals surface area (Å²) in [6, 6.07) is 1.66. The Morgan fingerprint density at radius 2 is 2.33 bits per heavy atom. The molecule has 1 aromatic heterocycles. The third-order valence-corrected chi connectivity index (χ3v) is 1.61. The van der Waals surface area contributed by atoms with E-state index in [2.05, 4.69) is 14.7 Å². The largest absolute Gasteiger partial charge is 0.465 e. The molecular weight excluding hydrogens is 196 g/mol. The molecule has 2 N–H and O–H groups in total. The van der Waals surface area contributed by atoms with Gasteiger partial charge in [0.1, 0.15) is 11.8 Å². The molecule has 6 nitrogen and oxygen atoms in total. The van der Waals surface area contributed by atoms with Gasteiger partial charge in [0.25, 0.3) is 0 Å². The molecule has 0 saturated carbocycles. The molecule has 1 rings (SSSR count). The Labute approximate surface area is 86.0 Å². The number of hydrogen-bond acceptors (Lipinski definition) is 6. The van der Waals surface area contributed by atoms with Crippen molar-refractivity contribution < 1.29 is 9.53 Å². The van der Waals surface area contributed by atoms with E-state index in [1.165, 1.54) is 25.7 Å². The highest BCUT2D eigenvalue weighted by Crippen LogP contribution is 2.10. The van der Waals surface area contributed by atoms with Gasteiger partial charge in [-0.3, -0.25) is 9.97 Å². The van der Waals surface area contributed by atoms with Gasteiger partial charge in [-0.1, -0.05) is 0 Å². The third-order valence-electron chi connectivity index (χ3n) is 1.61. The van der Waals surface area contributed by atoms with Crippen LogP contribution in [-0.2, 0) is 9.53 Å². The average Bonchev–Trinajstić information content (AvgIpc) is 2.30. The number of carbonyl (C=O) groups is 1. The predicted octanol–water partition coefficient (Wildman–Crippen LogP) is -0.157. The third kappa shape index (κ3) is 2.28. The predicted molar refractivity (Wildman–Crippen MR) is 50.8 cm³/mol. The van der Waals surface area contributed by atoms with Gasteiger partial charge in [-0.15, -0.1) is 0 Å². The SMILES string of the molecule is COC(=O)/C(C#N)=C(/N)c1cnccn1. The molecule has 0 saturated heterocycles. The quantitative estimate of drug-likeness (QED) is 0.408. The molecular formula is C9H8N4O2. The smallest absolute Gasteiger partial charge is 0.350 e. The van der Waals surface area contributed by atoms with Gasteiger partial charge in [0.05, 0.1) is 19.0 Å². The molecule has 0 bridgehead atoms. The first-order valence-corrected chi connectivity index (χ1v) is 3.95. The number of aromatic nitrogens is 2. The summed E-state index contributed by atoms with van der Waals surface area (Å²) in [4.78, 5) is 18.8. The highest BCUT2D eigenvalue weighted by molar-refractivity contribution is 6.00. The van der Waals surface area contributed by atoms with Crippen molar-refractivity contribution in [2.24, 2.45) is 5.73 Å². The Hall–Kier alpha value is -2.42.